The highest BCUT2D eigenvalue weighted by molar-refractivity contribution is 9.10. The Bertz CT molecular complexity index is 5430. The SMILES string of the molecule is Brc1ccc2c(c1)oc1ccccc12.c1ccc2c(c1)[nH]c1ccc3[nH]c4ccccc4c3c12.c1ccc2c(c1)oc1cc(-n3c4ccccc4c4c5c6ccccc6n(-c6ccc7c(c6)oc6ccccc67)c5ccc43)ccc12. The monoisotopic (exact) mass is 1090 g/mol. The Morgan fingerprint density at radius 1 is 0.250 bits per heavy atom. The van der Waals surface area contributed by atoms with Gasteiger partial charge in [-0.2, -0.15) is 0 Å². The number of benzene rings is 12. The molecule has 0 atom stereocenters. The van der Waals surface area contributed by atoms with Crippen LogP contribution in [0.1, 0.15) is 0 Å². The van der Waals surface area contributed by atoms with Crippen molar-refractivity contribution in [3.05, 3.63) is 253 Å². The number of para-hydroxylation sites is 7. The molecular formula is C72H43BrN4O3. The van der Waals surface area contributed by atoms with E-state index in [1.165, 1.54) is 98.0 Å². The molecule has 7 heterocycles. The predicted molar refractivity (Wildman–Crippen MR) is 336 cm³/mol. The highest BCUT2D eigenvalue weighted by atomic mass is 79.9. The van der Waals surface area contributed by atoms with Crippen molar-refractivity contribution >= 4 is 169 Å². The molecule has 0 fully saturated rings. The maximum atomic E-state index is 6.32. The zero-order valence-corrected chi connectivity index (χ0v) is 44.3. The Labute approximate surface area is 463 Å². The molecule has 0 saturated heterocycles. The first-order chi connectivity index (χ1) is 39.6. The lowest BCUT2D eigenvalue weighted by Gasteiger charge is -2.09. The maximum Gasteiger partial charge on any atom is 0.137 e. The van der Waals surface area contributed by atoms with Gasteiger partial charge in [0.2, 0.25) is 0 Å². The summed E-state index contributed by atoms with van der Waals surface area (Å²) in [6.07, 6.45) is 0. The Morgan fingerprint density at radius 3 is 1.05 bits per heavy atom. The third kappa shape index (κ3) is 6.73. The highest BCUT2D eigenvalue weighted by Gasteiger charge is 2.22. The van der Waals surface area contributed by atoms with Crippen LogP contribution < -0.4 is 0 Å². The minimum absolute atomic E-state index is 0.892. The van der Waals surface area contributed by atoms with Gasteiger partial charge in [0, 0.05) is 125 Å². The van der Waals surface area contributed by atoms with Crippen LogP contribution in [0.4, 0.5) is 0 Å². The number of rotatable bonds is 2. The number of H-pyrrole nitrogens is 2. The van der Waals surface area contributed by atoms with Crippen molar-refractivity contribution < 1.29 is 13.3 Å². The summed E-state index contributed by atoms with van der Waals surface area (Å²) in [5.74, 6) is 0. The van der Waals surface area contributed by atoms with Crippen molar-refractivity contribution in [2.45, 2.75) is 0 Å². The quantitative estimate of drug-likeness (QED) is 0.181. The molecule has 12 aromatic carbocycles. The van der Waals surface area contributed by atoms with Crippen molar-refractivity contribution in [3.8, 4) is 11.4 Å². The Balaban J connectivity index is 0.000000122. The van der Waals surface area contributed by atoms with Crippen molar-refractivity contribution in [2.24, 2.45) is 0 Å². The van der Waals surface area contributed by atoms with Gasteiger partial charge >= 0.3 is 0 Å². The number of nitrogens with zero attached hydrogens (tertiary/aromatic N) is 2. The number of halogens is 1. The second-order valence-corrected chi connectivity index (χ2v) is 21.5. The molecule has 7 nitrogen and oxygen atoms in total. The van der Waals surface area contributed by atoms with E-state index in [4.69, 9.17) is 13.3 Å². The average molecular weight is 1090 g/mol. The molecule has 0 bridgehead atoms. The molecule has 0 spiro atoms. The van der Waals surface area contributed by atoms with Crippen LogP contribution in [0.25, 0.3) is 164 Å². The Hall–Kier alpha value is -10.3. The van der Waals surface area contributed by atoms with Gasteiger partial charge in [-0.1, -0.05) is 143 Å². The van der Waals surface area contributed by atoms with Crippen LogP contribution in [0.5, 0.6) is 0 Å². The molecule has 0 aliphatic heterocycles. The van der Waals surface area contributed by atoms with Crippen LogP contribution in [0.3, 0.4) is 0 Å². The topological polar surface area (TPSA) is 80.9 Å². The summed E-state index contributed by atoms with van der Waals surface area (Å²) in [5.41, 5.74) is 17.1. The first kappa shape index (κ1) is 44.8. The molecule has 0 saturated carbocycles. The van der Waals surface area contributed by atoms with Gasteiger partial charge in [-0.05, 0) is 109 Å². The van der Waals surface area contributed by atoms with Crippen LogP contribution in [0, 0.1) is 0 Å². The molecule has 8 heteroatoms. The van der Waals surface area contributed by atoms with E-state index in [-0.39, 0.29) is 0 Å². The van der Waals surface area contributed by atoms with Gasteiger partial charge in [0.25, 0.3) is 0 Å². The van der Waals surface area contributed by atoms with Crippen molar-refractivity contribution in [3.63, 3.8) is 0 Å². The zero-order chi connectivity index (χ0) is 52.6. The molecule has 0 amide bonds. The van der Waals surface area contributed by atoms with Gasteiger partial charge < -0.3 is 32.4 Å². The van der Waals surface area contributed by atoms with E-state index in [0.717, 1.165) is 70.9 Å². The van der Waals surface area contributed by atoms with E-state index >= 15 is 0 Å². The van der Waals surface area contributed by atoms with Crippen LogP contribution >= 0.6 is 15.9 Å². The molecule has 19 aromatic rings. The van der Waals surface area contributed by atoms with E-state index in [1.807, 2.05) is 54.6 Å². The summed E-state index contributed by atoms with van der Waals surface area (Å²) < 4.78 is 24.1. The van der Waals surface area contributed by atoms with Gasteiger partial charge in [0.05, 0.1) is 22.1 Å². The van der Waals surface area contributed by atoms with Gasteiger partial charge in [0.1, 0.15) is 33.5 Å². The van der Waals surface area contributed by atoms with Crippen molar-refractivity contribution in [2.75, 3.05) is 0 Å². The number of nitrogens with one attached hydrogen (secondary N) is 2. The van der Waals surface area contributed by atoms with Crippen LogP contribution in [-0.4, -0.2) is 19.1 Å². The first-order valence-corrected chi connectivity index (χ1v) is 27.6. The molecule has 2 N–H and O–H groups in total. The molecule has 0 aliphatic rings. The number of hydrogen-bond acceptors (Lipinski definition) is 3. The standard InChI is InChI=1S/C42H24N2O2.C18H12N2.C12H7BrO/c1-5-13-33-31(11-1)41-35(43(33)25-17-19-29-27-9-3-7-15-37(27)45-39(29)23-25)21-22-36-42(41)32-12-2-6-14-34(32)44(36)26-18-20-30-28-10-4-8-16-38(28)46-40(30)24-26;1-3-7-13-11(5-1)17-15(19-13)9-10-16-18(17)12-6-2-4-8-14(12)20-16;13-8-5-6-10-9-3-1-2-4-11(9)14-12(10)7-8/h1-24H;1-10,19-20H;1-7H. The third-order valence-corrected chi connectivity index (χ3v) is 16.7. The number of aromatic amines is 2. The Morgan fingerprint density at radius 2 is 0.600 bits per heavy atom. The summed E-state index contributed by atoms with van der Waals surface area (Å²) in [7, 11) is 0. The molecule has 376 valence electrons. The summed E-state index contributed by atoms with van der Waals surface area (Å²) in [4.78, 5) is 7.02. The molecule has 0 aliphatic carbocycles. The Kier molecular flexibility index (Phi) is 9.73. The number of hydrogen-bond donors (Lipinski definition) is 2. The molecule has 80 heavy (non-hydrogen) atoms. The molecule has 7 aromatic heterocycles. The fourth-order valence-electron chi connectivity index (χ4n) is 12.8. The van der Waals surface area contributed by atoms with Gasteiger partial charge in [-0.25, -0.2) is 0 Å². The van der Waals surface area contributed by atoms with E-state index in [1.54, 1.807) is 0 Å². The largest absolute Gasteiger partial charge is 0.456 e. The maximum absolute atomic E-state index is 6.32. The number of furan rings is 3. The number of aromatic nitrogens is 4. The van der Waals surface area contributed by atoms with Gasteiger partial charge in [-0.3, -0.25) is 0 Å². The summed E-state index contributed by atoms with van der Waals surface area (Å²) in [6.45, 7) is 0. The zero-order valence-electron chi connectivity index (χ0n) is 42.7. The van der Waals surface area contributed by atoms with Gasteiger partial charge in [-0.15, -0.1) is 0 Å². The second-order valence-electron chi connectivity index (χ2n) is 20.6. The van der Waals surface area contributed by atoms with E-state index in [0.29, 0.717) is 0 Å². The second kappa shape index (κ2) is 17.4. The third-order valence-electron chi connectivity index (χ3n) is 16.2. The van der Waals surface area contributed by atoms with E-state index in [9.17, 15) is 0 Å². The lowest BCUT2D eigenvalue weighted by atomic mass is 10.1. The molecule has 0 radical (unpaired) electrons. The minimum atomic E-state index is 0.892. The molecular weight excluding hydrogens is 1050 g/mol. The fraction of sp³-hybridized carbons (Fsp3) is 0. The van der Waals surface area contributed by atoms with Crippen LogP contribution in [0.2, 0.25) is 0 Å². The smallest absolute Gasteiger partial charge is 0.137 e. The van der Waals surface area contributed by atoms with Gasteiger partial charge in [0.15, 0.2) is 0 Å². The van der Waals surface area contributed by atoms with Crippen LogP contribution in [-0.2, 0) is 0 Å². The van der Waals surface area contributed by atoms with E-state index < -0.39 is 0 Å². The lowest BCUT2D eigenvalue weighted by molar-refractivity contribution is 0.668. The summed E-state index contributed by atoms with van der Waals surface area (Å²) in [6, 6.07) is 87.2. The van der Waals surface area contributed by atoms with Crippen LogP contribution in [0.15, 0.2) is 266 Å². The van der Waals surface area contributed by atoms with E-state index in [2.05, 4.69) is 229 Å². The normalized spacial score (nSPS) is 12.1. The first-order valence-electron chi connectivity index (χ1n) is 26.8. The van der Waals surface area contributed by atoms with Crippen molar-refractivity contribution in [1.82, 2.24) is 19.1 Å². The minimum Gasteiger partial charge on any atom is -0.456 e. The summed E-state index contributed by atoms with van der Waals surface area (Å²) in [5, 5.41) is 17.0. The average Bonchev–Trinajstić information content (AvgIpc) is 4.54. The summed E-state index contributed by atoms with van der Waals surface area (Å²) >= 11 is 3.43. The fourth-order valence-corrected chi connectivity index (χ4v) is 13.1. The molecule has 19 rings (SSSR count). The highest BCUT2D eigenvalue weighted by Crippen LogP contribution is 2.44. The predicted octanol–water partition coefficient (Wildman–Crippen LogP) is 21.0. The molecule has 0 unspecified atom stereocenters. The number of fused-ring (bicyclic) bond motifs is 23. The lowest BCUT2D eigenvalue weighted by Crippen LogP contribution is -1.94. The van der Waals surface area contributed by atoms with Crippen molar-refractivity contribution in [1.29, 1.82) is 0 Å².